The predicted octanol–water partition coefficient (Wildman–Crippen LogP) is 3.85. The Hall–Kier alpha value is -3.22. The van der Waals surface area contributed by atoms with E-state index in [2.05, 4.69) is 20.4 Å². The molecule has 1 amide bonds. The number of anilines is 1. The van der Waals surface area contributed by atoms with Crippen molar-refractivity contribution in [3.8, 4) is 11.7 Å². The number of para-hydroxylation sites is 1. The molecule has 29 heavy (non-hydrogen) atoms. The summed E-state index contributed by atoms with van der Waals surface area (Å²) < 4.78 is 7.67. The lowest BCUT2D eigenvalue weighted by Crippen LogP contribution is -2.25. The van der Waals surface area contributed by atoms with Crippen molar-refractivity contribution in [2.45, 2.75) is 53.1 Å². The Labute approximate surface area is 170 Å². The summed E-state index contributed by atoms with van der Waals surface area (Å²) in [5.41, 5.74) is 4.51. The van der Waals surface area contributed by atoms with E-state index >= 15 is 0 Å². The van der Waals surface area contributed by atoms with Gasteiger partial charge < -0.3 is 10.1 Å². The molecule has 0 aliphatic carbocycles. The fourth-order valence-electron chi connectivity index (χ4n) is 3.89. The molecule has 0 fully saturated rings. The van der Waals surface area contributed by atoms with Gasteiger partial charge in [-0.3, -0.25) is 4.79 Å². The number of hydrogen-bond donors (Lipinski definition) is 1. The summed E-state index contributed by atoms with van der Waals surface area (Å²) in [6.45, 7) is 9.78. The molecule has 0 unspecified atom stereocenters. The zero-order chi connectivity index (χ0) is 20.7. The van der Waals surface area contributed by atoms with Crippen LogP contribution in [0.25, 0.3) is 5.95 Å². The van der Waals surface area contributed by atoms with Crippen LogP contribution < -0.4 is 10.1 Å². The number of hydrogen-bond acceptors (Lipinski definition) is 5. The van der Waals surface area contributed by atoms with Crippen molar-refractivity contribution in [1.29, 1.82) is 0 Å². The van der Waals surface area contributed by atoms with Gasteiger partial charge in [-0.05, 0) is 46.8 Å². The van der Waals surface area contributed by atoms with E-state index < -0.39 is 0 Å². The molecule has 0 bridgehead atoms. The molecule has 2 aromatic heterocycles. The summed E-state index contributed by atoms with van der Waals surface area (Å²) in [6.07, 6.45) is 0.381. The Kier molecular flexibility index (Phi) is 4.82. The molecule has 0 saturated carbocycles. The third kappa shape index (κ3) is 3.60. The van der Waals surface area contributed by atoms with Gasteiger partial charge in [0, 0.05) is 34.9 Å². The van der Waals surface area contributed by atoms with Crippen LogP contribution in [-0.4, -0.2) is 31.8 Å². The van der Waals surface area contributed by atoms with E-state index in [1.54, 1.807) is 4.68 Å². The second-order valence-corrected chi connectivity index (χ2v) is 7.72. The van der Waals surface area contributed by atoms with Crippen LogP contribution in [0.3, 0.4) is 0 Å². The summed E-state index contributed by atoms with van der Waals surface area (Å²) in [6, 6.07) is 9.81. The highest BCUT2D eigenvalue weighted by molar-refractivity contribution is 5.95. The van der Waals surface area contributed by atoms with Gasteiger partial charge in [0.1, 0.15) is 11.6 Å². The summed E-state index contributed by atoms with van der Waals surface area (Å²) in [5, 5.41) is 7.67. The first kappa shape index (κ1) is 19.1. The Morgan fingerprint density at radius 1 is 1.14 bits per heavy atom. The van der Waals surface area contributed by atoms with Crippen LogP contribution in [0.4, 0.5) is 5.82 Å². The fraction of sp³-hybridized carbons (Fsp3) is 0.364. The summed E-state index contributed by atoms with van der Waals surface area (Å²) >= 11 is 0. The van der Waals surface area contributed by atoms with Gasteiger partial charge >= 0.3 is 0 Å². The predicted molar refractivity (Wildman–Crippen MR) is 111 cm³/mol. The normalized spacial score (nSPS) is 15.9. The highest BCUT2D eigenvalue weighted by Gasteiger charge is 2.34. The smallest absolute Gasteiger partial charge is 0.252 e. The molecule has 4 rings (SSSR count). The van der Waals surface area contributed by atoms with E-state index in [9.17, 15) is 4.79 Å². The molecule has 150 valence electrons. The van der Waals surface area contributed by atoms with Gasteiger partial charge in [0.15, 0.2) is 0 Å². The van der Waals surface area contributed by atoms with Gasteiger partial charge in [0.25, 0.3) is 5.95 Å². The third-order valence-corrected chi connectivity index (χ3v) is 4.92. The molecular weight excluding hydrogens is 366 g/mol. The largest absolute Gasteiger partial charge is 0.491 e. The first-order valence-corrected chi connectivity index (χ1v) is 9.81. The maximum atomic E-state index is 12.6. The number of rotatable bonds is 4. The van der Waals surface area contributed by atoms with Gasteiger partial charge in [0.05, 0.1) is 11.8 Å². The molecule has 0 spiro atoms. The van der Waals surface area contributed by atoms with Crippen molar-refractivity contribution in [2.24, 2.45) is 0 Å². The zero-order valence-electron chi connectivity index (χ0n) is 17.4. The molecule has 1 aliphatic rings. The van der Waals surface area contributed by atoms with Crippen LogP contribution in [0.15, 0.2) is 30.3 Å². The highest BCUT2D eigenvalue weighted by atomic mass is 16.5. The van der Waals surface area contributed by atoms with E-state index in [1.807, 2.05) is 65.0 Å². The van der Waals surface area contributed by atoms with Crippen molar-refractivity contribution in [1.82, 2.24) is 19.7 Å². The van der Waals surface area contributed by atoms with Crippen LogP contribution in [-0.2, 0) is 4.79 Å². The van der Waals surface area contributed by atoms with Crippen molar-refractivity contribution in [3.63, 3.8) is 0 Å². The van der Waals surface area contributed by atoms with E-state index in [4.69, 9.17) is 4.74 Å². The number of carbonyl (C=O) groups excluding carboxylic acids is 1. The second-order valence-electron chi connectivity index (χ2n) is 7.72. The monoisotopic (exact) mass is 391 g/mol. The lowest BCUT2D eigenvalue weighted by atomic mass is 9.85. The number of ether oxygens (including phenoxy) is 1. The van der Waals surface area contributed by atoms with Crippen LogP contribution in [0.5, 0.6) is 5.75 Å². The van der Waals surface area contributed by atoms with Crippen LogP contribution in [0.2, 0.25) is 0 Å². The van der Waals surface area contributed by atoms with Gasteiger partial charge in [-0.15, -0.1) is 0 Å². The standard InChI is InChI=1S/C22H25N5O2/c1-12(2)29-18-9-7-6-8-16(18)17-11-19(28)25-21-20(17)15(5)26-27(21)22-23-13(3)10-14(4)24-22/h6-10,12,17H,11H2,1-5H3,(H,25,28)/t17-/m0/s1. The lowest BCUT2D eigenvalue weighted by molar-refractivity contribution is -0.116. The summed E-state index contributed by atoms with van der Waals surface area (Å²) in [4.78, 5) is 21.7. The molecule has 7 nitrogen and oxygen atoms in total. The van der Waals surface area contributed by atoms with Crippen molar-refractivity contribution >= 4 is 11.7 Å². The topological polar surface area (TPSA) is 81.9 Å². The van der Waals surface area contributed by atoms with E-state index in [1.165, 1.54) is 0 Å². The lowest BCUT2D eigenvalue weighted by Gasteiger charge is -2.26. The average molecular weight is 391 g/mol. The first-order valence-electron chi connectivity index (χ1n) is 9.81. The number of aromatic nitrogens is 4. The quantitative estimate of drug-likeness (QED) is 0.730. The van der Waals surface area contributed by atoms with E-state index in [0.717, 1.165) is 34.0 Å². The van der Waals surface area contributed by atoms with Crippen molar-refractivity contribution < 1.29 is 9.53 Å². The van der Waals surface area contributed by atoms with Crippen LogP contribution in [0.1, 0.15) is 54.4 Å². The van der Waals surface area contributed by atoms with Gasteiger partial charge in [0.2, 0.25) is 5.91 Å². The molecule has 0 radical (unpaired) electrons. The molecule has 3 heterocycles. The number of benzene rings is 1. The van der Waals surface area contributed by atoms with Gasteiger partial charge in [-0.2, -0.15) is 9.78 Å². The molecule has 1 aromatic carbocycles. The van der Waals surface area contributed by atoms with Crippen molar-refractivity contribution in [3.05, 3.63) is 58.5 Å². The van der Waals surface area contributed by atoms with Crippen LogP contribution >= 0.6 is 0 Å². The number of carbonyl (C=O) groups is 1. The molecule has 1 aliphatic heterocycles. The Morgan fingerprint density at radius 2 is 1.83 bits per heavy atom. The summed E-state index contributed by atoms with van der Waals surface area (Å²) in [7, 11) is 0. The zero-order valence-corrected chi connectivity index (χ0v) is 17.4. The molecule has 1 N–H and O–H groups in total. The summed E-state index contributed by atoms with van der Waals surface area (Å²) in [5.74, 6) is 1.68. The SMILES string of the molecule is Cc1cc(C)nc(-n2nc(C)c3c2NC(=O)C[C@H]3c2ccccc2OC(C)C)n1. The Balaban J connectivity index is 1.87. The minimum Gasteiger partial charge on any atom is -0.491 e. The second kappa shape index (κ2) is 7.31. The highest BCUT2D eigenvalue weighted by Crippen LogP contribution is 2.43. The number of nitrogens with one attached hydrogen (secondary N) is 1. The minimum atomic E-state index is -0.145. The molecular formula is C22H25N5O2. The maximum absolute atomic E-state index is 12.6. The number of fused-ring (bicyclic) bond motifs is 1. The molecule has 3 aromatic rings. The van der Waals surface area contributed by atoms with Gasteiger partial charge in [-0.25, -0.2) is 9.97 Å². The molecule has 0 saturated heterocycles. The fourth-order valence-corrected chi connectivity index (χ4v) is 3.89. The minimum absolute atomic E-state index is 0.0422. The molecule has 1 atom stereocenters. The van der Waals surface area contributed by atoms with E-state index in [-0.39, 0.29) is 17.9 Å². The number of aryl methyl sites for hydroxylation is 3. The van der Waals surface area contributed by atoms with Crippen molar-refractivity contribution in [2.75, 3.05) is 5.32 Å². The Morgan fingerprint density at radius 3 is 2.52 bits per heavy atom. The number of amides is 1. The van der Waals surface area contributed by atoms with Crippen LogP contribution in [0, 0.1) is 20.8 Å². The Bertz CT molecular complexity index is 1070. The van der Waals surface area contributed by atoms with E-state index in [0.29, 0.717) is 18.2 Å². The third-order valence-electron chi connectivity index (χ3n) is 4.92. The number of nitrogens with zero attached hydrogens (tertiary/aromatic N) is 4. The molecule has 7 heteroatoms. The average Bonchev–Trinajstić information content (AvgIpc) is 2.97. The first-order chi connectivity index (χ1) is 13.8. The van der Waals surface area contributed by atoms with Gasteiger partial charge in [-0.1, -0.05) is 18.2 Å². The maximum Gasteiger partial charge on any atom is 0.252 e.